The minimum absolute atomic E-state index is 0.0257. The molecule has 0 unspecified atom stereocenters. The molecular weight excluding hydrogens is 392 g/mol. The van der Waals surface area contributed by atoms with Crippen LogP contribution < -0.4 is 10.1 Å². The van der Waals surface area contributed by atoms with Crippen molar-refractivity contribution in [3.63, 3.8) is 0 Å². The zero-order valence-corrected chi connectivity index (χ0v) is 16.4. The van der Waals surface area contributed by atoms with E-state index in [-0.39, 0.29) is 24.7 Å². The lowest BCUT2D eigenvalue weighted by molar-refractivity contribution is -0.137. The maximum atomic E-state index is 12.3. The highest BCUT2D eigenvalue weighted by molar-refractivity contribution is 8.18. The summed E-state index contributed by atoms with van der Waals surface area (Å²) in [6.07, 6.45) is 1.57. The van der Waals surface area contributed by atoms with E-state index in [0.29, 0.717) is 32.6 Å². The molecule has 0 radical (unpaired) electrons. The van der Waals surface area contributed by atoms with Crippen LogP contribution >= 0.6 is 11.8 Å². The van der Waals surface area contributed by atoms with Gasteiger partial charge in [0.15, 0.2) is 11.0 Å². The second-order valence-corrected chi connectivity index (χ2v) is 7.15. The molecule has 0 aromatic heterocycles. The molecule has 7 nitrogen and oxygen atoms in total. The zero-order chi connectivity index (χ0) is 20.8. The molecular formula is C21H18N2O5S. The van der Waals surface area contributed by atoms with Crippen LogP contribution in [0.1, 0.15) is 29.3 Å². The van der Waals surface area contributed by atoms with Gasteiger partial charge in [-0.25, -0.2) is 4.99 Å². The number of aliphatic carboxylic acids is 1. The second-order valence-electron chi connectivity index (χ2n) is 6.11. The number of nitrogens with zero attached hydrogens (tertiary/aromatic N) is 1. The van der Waals surface area contributed by atoms with E-state index in [0.717, 1.165) is 0 Å². The first kappa shape index (κ1) is 20.3. The minimum atomic E-state index is -0.941. The minimum Gasteiger partial charge on any atom is -0.492 e. The normalized spacial score (nSPS) is 16.1. The van der Waals surface area contributed by atoms with Crippen molar-refractivity contribution in [2.45, 2.75) is 13.3 Å². The summed E-state index contributed by atoms with van der Waals surface area (Å²) in [6.45, 7) is 1.53. The number of hydrogen-bond acceptors (Lipinski definition) is 6. The van der Waals surface area contributed by atoms with Crippen LogP contribution in [0.2, 0.25) is 0 Å². The predicted octanol–water partition coefficient (Wildman–Crippen LogP) is 3.63. The molecule has 1 aliphatic rings. The number of carbonyl (C=O) groups is 3. The van der Waals surface area contributed by atoms with Crippen LogP contribution in [-0.2, 0) is 9.59 Å². The lowest BCUT2D eigenvalue weighted by Gasteiger charge is -2.08. The maximum absolute atomic E-state index is 12.3. The third kappa shape index (κ3) is 5.55. The fourth-order valence-corrected chi connectivity index (χ4v) is 3.32. The van der Waals surface area contributed by atoms with E-state index in [1.165, 1.54) is 18.7 Å². The summed E-state index contributed by atoms with van der Waals surface area (Å²) >= 11 is 1.19. The number of amidine groups is 1. The van der Waals surface area contributed by atoms with Crippen molar-refractivity contribution in [2.75, 3.05) is 6.61 Å². The summed E-state index contributed by atoms with van der Waals surface area (Å²) in [5.74, 6) is -0.750. The Morgan fingerprint density at radius 2 is 1.90 bits per heavy atom. The number of carboxylic acid groups (broad SMARTS) is 1. The fraction of sp³-hybridized carbons (Fsp3) is 0.143. The first-order chi connectivity index (χ1) is 13.9. The summed E-state index contributed by atoms with van der Waals surface area (Å²) < 4.78 is 5.52. The number of para-hydroxylation sites is 1. The maximum Gasteiger partial charge on any atom is 0.306 e. The molecule has 3 rings (SSSR count). The van der Waals surface area contributed by atoms with E-state index in [9.17, 15) is 14.4 Å². The monoisotopic (exact) mass is 410 g/mol. The van der Waals surface area contributed by atoms with E-state index in [1.807, 2.05) is 0 Å². The summed E-state index contributed by atoms with van der Waals surface area (Å²) in [4.78, 5) is 39.1. The first-order valence-corrected chi connectivity index (χ1v) is 9.58. The van der Waals surface area contributed by atoms with Gasteiger partial charge in [-0.15, -0.1) is 0 Å². The van der Waals surface area contributed by atoms with Crippen molar-refractivity contribution < 1.29 is 24.2 Å². The number of nitrogens with one attached hydrogen (secondary N) is 1. The molecule has 148 valence electrons. The van der Waals surface area contributed by atoms with Gasteiger partial charge >= 0.3 is 5.97 Å². The molecule has 2 aromatic rings. The molecule has 8 heteroatoms. The fourth-order valence-electron chi connectivity index (χ4n) is 2.49. The van der Waals surface area contributed by atoms with Crippen LogP contribution in [0.3, 0.4) is 0 Å². The molecule has 29 heavy (non-hydrogen) atoms. The van der Waals surface area contributed by atoms with E-state index in [1.54, 1.807) is 54.6 Å². The molecule has 1 aliphatic heterocycles. The van der Waals surface area contributed by atoms with Crippen LogP contribution in [0.4, 0.5) is 5.69 Å². The summed E-state index contributed by atoms with van der Waals surface area (Å²) in [5, 5.41) is 11.9. The largest absolute Gasteiger partial charge is 0.492 e. The number of benzene rings is 2. The van der Waals surface area contributed by atoms with Crippen LogP contribution in [-0.4, -0.2) is 34.5 Å². The molecule has 1 fully saturated rings. The lowest BCUT2D eigenvalue weighted by Crippen LogP contribution is -2.19. The third-order valence-electron chi connectivity index (χ3n) is 3.93. The van der Waals surface area contributed by atoms with Crippen LogP contribution in [0.15, 0.2) is 58.4 Å². The molecule has 0 saturated carbocycles. The van der Waals surface area contributed by atoms with Crippen molar-refractivity contribution >= 4 is 46.4 Å². The molecule has 0 aliphatic carbocycles. The van der Waals surface area contributed by atoms with Crippen molar-refractivity contribution in [2.24, 2.45) is 4.99 Å². The molecule has 0 atom stereocenters. The number of rotatable bonds is 7. The number of carboxylic acids is 1. The van der Waals surface area contributed by atoms with Crippen molar-refractivity contribution in [3.8, 4) is 5.75 Å². The molecule has 0 bridgehead atoms. The molecule has 1 heterocycles. The summed E-state index contributed by atoms with van der Waals surface area (Å²) in [6, 6.07) is 13.9. The van der Waals surface area contributed by atoms with Gasteiger partial charge in [-0.1, -0.05) is 18.2 Å². The van der Waals surface area contributed by atoms with E-state index in [2.05, 4.69) is 10.3 Å². The molecule has 1 saturated heterocycles. The van der Waals surface area contributed by atoms with Gasteiger partial charge in [-0.2, -0.15) is 0 Å². The average molecular weight is 410 g/mol. The number of ether oxygens (including phenoxy) is 1. The van der Waals surface area contributed by atoms with Gasteiger partial charge in [0.1, 0.15) is 5.75 Å². The first-order valence-electron chi connectivity index (χ1n) is 8.76. The number of aliphatic imine (C=N–C) groups is 1. The topological polar surface area (TPSA) is 105 Å². The van der Waals surface area contributed by atoms with E-state index in [4.69, 9.17) is 9.84 Å². The molecule has 0 spiro atoms. The van der Waals surface area contributed by atoms with E-state index < -0.39 is 5.97 Å². The Hall–Kier alpha value is -3.39. The Morgan fingerprint density at radius 1 is 1.17 bits per heavy atom. The Balaban J connectivity index is 1.75. The lowest BCUT2D eigenvalue weighted by atomic mass is 10.1. The Morgan fingerprint density at radius 3 is 2.59 bits per heavy atom. The third-order valence-corrected chi connectivity index (χ3v) is 4.84. The van der Waals surface area contributed by atoms with Gasteiger partial charge in [0.05, 0.1) is 23.6 Å². The molecule has 1 amide bonds. The van der Waals surface area contributed by atoms with E-state index >= 15 is 0 Å². The summed E-state index contributed by atoms with van der Waals surface area (Å²) in [7, 11) is 0. The predicted molar refractivity (Wildman–Crippen MR) is 111 cm³/mol. The molecule has 2 aromatic carbocycles. The highest BCUT2D eigenvalue weighted by Gasteiger charge is 2.24. The number of hydrogen-bond donors (Lipinski definition) is 2. The number of carbonyl (C=O) groups excluding carboxylic acids is 2. The Kier molecular flexibility index (Phi) is 6.46. The van der Waals surface area contributed by atoms with Gasteiger partial charge in [-0.05, 0) is 55.1 Å². The van der Waals surface area contributed by atoms with Crippen molar-refractivity contribution in [1.82, 2.24) is 5.32 Å². The second kappa shape index (κ2) is 9.20. The average Bonchev–Trinajstić information content (AvgIpc) is 3.02. The SMILES string of the molecule is CC(=O)c1ccc(N=C2NC(=O)/C(=C\c3ccccc3OCCC(=O)O)S2)cc1. The van der Waals surface area contributed by atoms with Crippen molar-refractivity contribution in [3.05, 3.63) is 64.6 Å². The van der Waals surface area contributed by atoms with Crippen LogP contribution in [0, 0.1) is 0 Å². The number of thioether (sulfide) groups is 1. The summed E-state index contributed by atoms with van der Waals surface area (Å²) in [5.41, 5.74) is 1.89. The van der Waals surface area contributed by atoms with Gasteiger partial charge in [0.2, 0.25) is 0 Å². The number of ketones is 1. The van der Waals surface area contributed by atoms with Crippen LogP contribution in [0.5, 0.6) is 5.75 Å². The Labute approximate surface area is 171 Å². The zero-order valence-electron chi connectivity index (χ0n) is 15.5. The highest BCUT2D eigenvalue weighted by atomic mass is 32.2. The molecule has 2 N–H and O–H groups in total. The highest BCUT2D eigenvalue weighted by Crippen LogP contribution is 2.30. The Bertz CT molecular complexity index is 1010. The van der Waals surface area contributed by atoms with Crippen molar-refractivity contribution in [1.29, 1.82) is 0 Å². The standard InChI is InChI=1S/C21H18N2O5S/c1-13(24)14-6-8-16(9-7-14)22-21-23-20(27)18(29-21)12-15-4-2-3-5-17(15)28-11-10-19(25)26/h2-9,12H,10-11H2,1H3,(H,25,26)(H,22,23,27)/b18-12+. The van der Waals surface area contributed by atoms with Gasteiger partial charge in [0.25, 0.3) is 5.91 Å². The quantitative estimate of drug-likeness (QED) is 0.533. The van der Waals surface area contributed by atoms with Gasteiger partial charge in [-0.3, -0.25) is 14.4 Å². The number of Topliss-reactive ketones (excluding diaryl/α,β-unsaturated/α-hetero) is 1. The smallest absolute Gasteiger partial charge is 0.306 e. The van der Waals surface area contributed by atoms with Crippen LogP contribution in [0.25, 0.3) is 6.08 Å². The van der Waals surface area contributed by atoms with Gasteiger partial charge < -0.3 is 15.2 Å². The van der Waals surface area contributed by atoms with Gasteiger partial charge in [0, 0.05) is 11.1 Å². The number of amides is 1.